The molecule has 0 aromatic heterocycles. The lowest BCUT2D eigenvalue weighted by molar-refractivity contribution is 0.0497. The average molecular weight is 354 g/mol. The smallest absolute Gasteiger partial charge is 0.343 e. The summed E-state index contributed by atoms with van der Waals surface area (Å²) in [5.74, 6) is -0.329. The fraction of sp³-hybridized carbons (Fsp3) is 0.364. The van der Waals surface area contributed by atoms with Crippen molar-refractivity contribution in [2.45, 2.75) is 45.4 Å². The fourth-order valence-corrected chi connectivity index (χ4v) is 2.53. The van der Waals surface area contributed by atoms with Gasteiger partial charge in [-0.25, -0.2) is 9.59 Å². The van der Waals surface area contributed by atoms with E-state index in [9.17, 15) is 9.59 Å². The number of ether oxygens (including phenoxy) is 2. The number of hydrogen-bond acceptors (Lipinski definition) is 4. The fourth-order valence-electron chi connectivity index (χ4n) is 2.53. The van der Waals surface area contributed by atoms with Crippen LogP contribution in [0.15, 0.2) is 54.6 Å². The summed E-state index contributed by atoms with van der Waals surface area (Å²) in [7, 11) is 0. The molecule has 0 atom stereocenters. The van der Waals surface area contributed by atoms with Gasteiger partial charge in [-0.2, -0.15) is 0 Å². The Morgan fingerprint density at radius 1 is 0.731 bits per heavy atom. The Bertz CT molecular complexity index is 677. The van der Waals surface area contributed by atoms with Crippen LogP contribution in [0.2, 0.25) is 0 Å². The molecule has 0 aliphatic heterocycles. The molecule has 2 aromatic rings. The van der Waals surface area contributed by atoms with Gasteiger partial charge in [-0.1, -0.05) is 57.2 Å². The predicted molar refractivity (Wildman–Crippen MR) is 102 cm³/mol. The van der Waals surface area contributed by atoms with E-state index in [1.165, 1.54) is 25.7 Å². The number of para-hydroxylation sites is 1. The van der Waals surface area contributed by atoms with Crippen molar-refractivity contribution in [3.05, 3.63) is 65.7 Å². The molecule has 0 bridgehead atoms. The van der Waals surface area contributed by atoms with Crippen molar-refractivity contribution in [2.24, 2.45) is 0 Å². The van der Waals surface area contributed by atoms with Gasteiger partial charge < -0.3 is 9.47 Å². The molecule has 0 aliphatic carbocycles. The monoisotopic (exact) mass is 354 g/mol. The minimum absolute atomic E-state index is 0.360. The van der Waals surface area contributed by atoms with Crippen molar-refractivity contribution >= 4 is 11.9 Å². The molecule has 4 nitrogen and oxygen atoms in total. The maximum atomic E-state index is 12.1. The Morgan fingerprint density at radius 2 is 1.31 bits per heavy atom. The molecule has 26 heavy (non-hydrogen) atoms. The minimum atomic E-state index is -0.455. The second-order valence-electron chi connectivity index (χ2n) is 6.18. The van der Waals surface area contributed by atoms with E-state index in [1.54, 1.807) is 48.5 Å². The first kappa shape index (κ1) is 19.7. The molecular weight excluding hydrogens is 328 g/mol. The molecule has 0 saturated carbocycles. The summed E-state index contributed by atoms with van der Waals surface area (Å²) in [5.41, 5.74) is 0.827. The van der Waals surface area contributed by atoms with Gasteiger partial charge in [0, 0.05) is 0 Å². The van der Waals surface area contributed by atoms with Gasteiger partial charge in [-0.15, -0.1) is 0 Å². The minimum Gasteiger partial charge on any atom is -0.462 e. The molecule has 2 aromatic carbocycles. The molecule has 0 saturated heterocycles. The Hall–Kier alpha value is -2.62. The van der Waals surface area contributed by atoms with Gasteiger partial charge >= 0.3 is 11.9 Å². The van der Waals surface area contributed by atoms with E-state index in [0.717, 1.165) is 12.8 Å². The molecule has 0 radical (unpaired) electrons. The first-order valence-electron chi connectivity index (χ1n) is 9.25. The van der Waals surface area contributed by atoms with Crippen molar-refractivity contribution in [3.8, 4) is 5.75 Å². The summed E-state index contributed by atoms with van der Waals surface area (Å²) in [6.45, 7) is 2.62. The topological polar surface area (TPSA) is 52.6 Å². The lowest BCUT2D eigenvalue weighted by Crippen LogP contribution is -2.10. The number of benzene rings is 2. The Balaban J connectivity index is 1.75. The van der Waals surface area contributed by atoms with E-state index < -0.39 is 5.97 Å². The predicted octanol–water partition coefficient (Wildman–Crippen LogP) is 5.42. The van der Waals surface area contributed by atoms with Gasteiger partial charge in [0.05, 0.1) is 17.7 Å². The van der Waals surface area contributed by atoms with E-state index in [0.29, 0.717) is 23.5 Å². The zero-order valence-electron chi connectivity index (χ0n) is 15.3. The Labute approximate surface area is 155 Å². The molecule has 0 N–H and O–H groups in total. The third-order valence-electron chi connectivity index (χ3n) is 4.04. The third-order valence-corrected chi connectivity index (χ3v) is 4.04. The summed E-state index contributed by atoms with van der Waals surface area (Å²) in [4.78, 5) is 24.1. The molecule has 0 amide bonds. The van der Waals surface area contributed by atoms with Gasteiger partial charge in [0.15, 0.2) is 0 Å². The number of carbonyl (C=O) groups excluding carboxylic acids is 2. The highest BCUT2D eigenvalue weighted by Crippen LogP contribution is 2.13. The second-order valence-corrected chi connectivity index (χ2v) is 6.18. The van der Waals surface area contributed by atoms with Crippen LogP contribution in [0.5, 0.6) is 5.75 Å². The number of hydrogen-bond donors (Lipinski definition) is 0. The molecule has 0 spiro atoms. The normalized spacial score (nSPS) is 10.3. The Morgan fingerprint density at radius 3 is 1.96 bits per heavy atom. The SMILES string of the molecule is CCCCCCCCOC(=O)c1ccc(C(=O)Oc2ccccc2)cc1. The zero-order valence-corrected chi connectivity index (χ0v) is 15.3. The molecule has 4 heteroatoms. The van der Waals surface area contributed by atoms with Crippen LogP contribution in [-0.2, 0) is 4.74 Å². The zero-order chi connectivity index (χ0) is 18.6. The van der Waals surface area contributed by atoms with Crippen LogP contribution in [0.3, 0.4) is 0 Å². The molecule has 0 heterocycles. The van der Waals surface area contributed by atoms with E-state index >= 15 is 0 Å². The summed E-state index contributed by atoms with van der Waals surface area (Å²) in [6, 6.07) is 15.2. The van der Waals surface area contributed by atoms with Gasteiger partial charge in [0.2, 0.25) is 0 Å². The van der Waals surface area contributed by atoms with Crippen molar-refractivity contribution < 1.29 is 19.1 Å². The summed E-state index contributed by atoms with van der Waals surface area (Å²) in [5, 5.41) is 0. The van der Waals surface area contributed by atoms with Gasteiger partial charge in [-0.3, -0.25) is 0 Å². The van der Waals surface area contributed by atoms with Gasteiger partial charge in [-0.05, 0) is 42.8 Å². The molecule has 0 fully saturated rings. The van der Waals surface area contributed by atoms with E-state index in [1.807, 2.05) is 6.07 Å². The van der Waals surface area contributed by atoms with Gasteiger partial charge in [0.25, 0.3) is 0 Å². The first-order valence-corrected chi connectivity index (χ1v) is 9.25. The van der Waals surface area contributed by atoms with Crippen LogP contribution in [0.4, 0.5) is 0 Å². The van der Waals surface area contributed by atoms with Crippen LogP contribution in [0.1, 0.15) is 66.2 Å². The number of unbranched alkanes of at least 4 members (excludes halogenated alkanes) is 5. The highest BCUT2D eigenvalue weighted by Gasteiger charge is 2.11. The largest absolute Gasteiger partial charge is 0.462 e. The van der Waals surface area contributed by atoms with Crippen LogP contribution in [-0.4, -0.2) is 18.5 Å². The maximum Gasteiger partial charge on any atom is 0.343 e. The Kier molecular flexibility index (Phi) is 8.40. The van der Waals surface area contributed by atoms with Gasteiger partial charge in [0.1, 0.15) is 5.75 Å². The number of rotatable bonds is 10. The number of carbonyl (C=O) groups is 2. The summed E-state index contributed by atoms with van der Waals surface area (Å²) < 4.78 is 10.5. The molecule has 0 unspecified atom stereocenters. The van der Waals surface area contributed by atoms with E-state index in [-0.39, 0.29) is 5.97 Å². The quantitative estimate of drug-likeness (QED) is 0.325. The average Bonchev–Trinajstić information content (AvgIpc) is 2.68. The molecule has 2 rings (SSSR count). The van der Waals surface area contributed by atoms with Crippen LogP contribution < -0.4 is 4.74 Å². The van der Waals surface area contributed by atoms with Crippen LogP contribution in [0, 0.1) is 0 Å². The lowest BCUT2D eigenvalue weighted by Gasteiger charge is -2.06. The van der Waals surface area contributed by atoms with Crippen LogP contribution >= 0.6 is 0 Å². The highest BCUT2D eigenvalue weighted by molar-refractivity contribution is 5.94. The molecule has 0 aliphatic rings. The van der Waals surface area contributed by atoms with Crippen molar-refractivity contribution in [1.82, 2.24) is 0 Å². The lowest BCUT2D eigenvalue weighted by atomic mass is 10.1. The third kappa shape index (κ3) is 6.71. The van der Waals surface area contributed by atoms with E-state index in [4.69, 9.17) is 9.47 Å². The standard InChI is InChI=1S/C22H26O4/c1-2-3-4-5-6-10-17-25-21(23)18-13-15-19(16-14-18)22(24)26-20-11-8-7-9-12-20/h7-9,11-16H,2-6,10,17H2,1H3. The highest BCUT2D eigenvalue weighted by atomic mass is 16.5. The van der Waals surface area contributed by atoms with Crippen molar-refractivity contribution in [2.75, 3.05) is 6.61 Å². The summed E-state index contributed by atoms with van der Waals surface area (Å²) >= 11 is 0. The summed E-state index contributed by atoms with van der Waals surface area (Å²) in [6.07, 6.45) is 6.88. The van der Waals surface area contributed by atoms with Crippen molar-refractivity contribution in [1.29, 1.82) is 0 Å². The second kappa shape index (κ2) is 11.1. The van der Waals surface area contributed by atoms with Crippen LogP contribution in [0.25, 0.3) is 0 Å². The maximum absolute atomic E-state index is 12.1. The van der Waals surface area contributed by atoms with E-state index in [2.05, 4.69) is 6.92 Å². The molecular formula is C22H26O4. The first-order chi connectivity index (χ1) is 12.7. The number of esters is 2. The molecule has 138 valence electrons. The van der Waals surface area contributed by atoms with Crippen molar-refractivity contribution in [3.63, 3.8) is 0 Å².